The Morgan fingerprint density at radius 3 is 2.76 bits per heavy atom. The maximum absolute atomic E-state index is 12.1. The zero-order valence-electron chi connectivity index (χ0n) is 11.4. The third-order valence-corrected chi connectivity index (χ3v) is 5.24. The van der Waals surface area contributed by atoms with Crippen molar-refractivity contribution in [1.29, 1.82) is 0 Å². The summed E-state index contributed by atoms with van der Waals surface area (Å²) in [5.74, 6) is -0.100. The highest BCUT2D eigenvalue weighted by Crippen LogP contribution is 2.27. The summed E-state index contributed by atoms with van der Waals surface area (Å²) in [5.41, 5.74) is 0.496. The van der Waals surface area contributed by atoms with Gasteiger partial charge < -0.3 is 10.1 Å². The van der Waals surface area contributed by atoms with Crippen molar-refractivity contribution in [2.24, 2.45) is 5.92 Å². The topological polar surface area (TPSA) is 72.5 Å². The second-order valence-electron chi connectivity index (χ2n) is 4.96. The van der Waals surface area contributed by atoms with E-state index in [2.05, 4.69) is 5.32 Å². The predicted octanol–water partition coefficient (Wildman–Crippen LogP) is 2.34. The fraction of sp³-hybridized carbons (Fsp3) is 0.462. The zero-order valence-corrected chi connectivity index (χ0v) is 13.7. The molecule has 1 N–H and O–H groups in total. The molecule has 8 heteroatoms. The molecule has 0 aromatic heterocycles. The Bertz CT molecular complexity index is 654. The van der Waals surface area contributed by atoms with E-state index < -0.39 is 9.05 Å². The number of carbonyl (C=O) groups is 1. The third kappa shape index (κ3) is 4.10. The number of carbonyl (C=O) groups excluding carboxylic acids is 1. The Hall–Kier alpha value is -0.820. The molecule has 0 bridgehead atoms. The van der Waals surface area contributed by atoms with Crippen LogP contribution in [0.25, 0.3) is 0 Å². The molecular formula is C13H15Cl2NO4S. The average molecular weight is 352 g/mol. The van der Waals surface area contributed by atoms with Crippen LogP contribution in [0.4, 0.5) is 0 Å². The van der Waals surface area contributed by atoms with Crippen molar-refractivity contribution in [3.05, 3.63) is 28.3 Å². The molecule has 0 saturated carbocycles. The zero-order chi connectivity index (χ0) is 15.6. The molecule has 0 spiro atoms. The third-order valence-electron chi connectivity index (χ3n) is 3.40. The number of benzene rings is 1. The van der Waals surface area contributed by atoms with Gasteiger partial charge in [0.15, 0.2) is 0 Å². The molecule has 1 aliphatic heterocycles. The van der Waals surface area contributed by atoms with E-state index in [1.807, 2.05) is 0 Å². The molecule has 21 heavy (non-hydrogen) atoms. The van der Waals surface area contributed by atoms with Gasteiger partial charge >= 0.3 is 0 Å². The first-order valence-corrected chi connectivity index (χ1v) is 9.08. The van der Waals surface area contributed by atoms with Gasteiger partial charge in [-0.1, -0.05) is 11.6 Å². The van der Waals surface area contributed by atoms with Gasteiger partial charge in [0.25, 0.3) is 15.0 Å². The second kappa shape index (κ2) is 6.52. The summed E-state index contributed by atoms with van der Waals surface area (Å²) in [6.45, 7) is 3.34. The van der Waals surface area contributed by atoms with E-state index in [4.69, 9.17) is 27.0 Å². The quantitative estimate of drug-likeness (QED) is 0.845. The Kier molecular flexibility index (Phi) is 5.14. The molecule has 1 saturated heterocycles. The molecule has 1 amide bonds. The van der Waals surface area contributed by atoms with Crippen LogP contribution in [0.5, 0.6) is 0 Å². The Labute approximate surface area is 133 Å². The van der Waals surface area contributed by atoms with Crippen LogP contribution in [0.1, 0.15) is 22.3 Å². The number of nitrogens with one attached hydrogen (secondary N) is 1. The molecule has 2 rings (SSSR count). The normalized spacial score (nSPS) is 18.7. The first-order chi connectivity index (χ1) is 9.79. The SMILES string of the molecule is Cc1c(Cl)cc(C(=O)NCC2CCOC2)cc1S(=O)(=O)Cl. The minimum Gasteiger partial charge on any atom is -0.381 e. The minimum absolute atomic E-state index is 0.147. The second-order valence-corrected chi connectivity index (χ2v) is 7.90. The largest absolute Gasteiger partial charge is 0.381 e. The summed E-state index contributed by atoms with van der Waals surface area (Å²) < 4.78 is 28.2. The van der Waals surface area contributed by atoms with Gasteiger partial charge in [0.05, 0.1) is 11.5 Å². The molecule has 1 heterocycles. The average Bonchev–Trinajstić information content (AvgIpc) is 2.90. The molecule has 1 atom stereocenters. The van der Waals surface area contributed by atoms with Crippen molar-refractivity contribution in [2.75, 3.05) is 19.8 Å². The molecule has 0 aliphatic carbocycles. The van der Waals surface area contributed by atoms with E-state index >= 15 is 0 Å². The minimum atomic E-state index is -3.95. The molecule has 0 radical (unpaired) electrons. The monoisotopic (exact) mass is 351 g/mol. The van der Waals surface area contributed by atoms with E-state index in [1.165, 1.54) is 19.1 Å². The van der Waals surface area contributed by atoms with Gasteiger partial charge in [0.2, 0.25) is 0 Å². The Morgan fingerprint density at radius 1 is 1.48 bits per heavy atom. The highest BCUT2D eigenvalue weighted by molar-refractivity contribution is 8.13. The van der Waals surface area contributed by atoms with E-state index in [9.17, 15) is 13.2 Å². The summed E-state index contributed by atoms with van der Waals surface area (Å²) in [6.07, 6.45) is 0.899. The first-order valence-electron chi connectivity index (χ1n) is 6.40. The van der Waals surface area contributed by atoms with Gasteiger partial charge in [-0.15, -0.1) is 0 Å². The molecule has 1 aliphatic rings. The van der Waals surface area contributed by atoms with Gasteiger partial charge in [-0.3, -0.25) is 4.79 Å². The summed E-state index contributed by atoms with van der Waals surface area (Å²) >= 11 is 5.97. The van der Waals surface area contributed by atoms with Gasteiger partial charge in [0, 0.05) is 40.3 Å². The number of rotatable bonds is 4. The highest BCUT2D eigenvalue weighted by atomic mass is 35.7. The number of ether oxygens (including phenoxy) is 1. The lowest BCUT2D eigenvalue weighted by Crippen LogP contribution is -2.29. The van der Waals surface area contributed by atoms with Crippen LogP contribution in [0, 0.1) is 12.8 Å². The van der Waals surface area contributed by atoms with Crippen molar-refractivity contribution in [2.45, 2.75) is 18.2 Å². The van der Waals surface area contributed by atoms with E-state index in [0.29, 0.717) is 25.3 Å². The summed E-state index contributed by atoms with van der Waals surface area (Å²) in [4.78, 5) is 11.9. The smallest absolute Gasteiger partial charge is 0.261 e. The van der Waals surface area contributed by atoms with Crippen molar-refractivity contribution in [1.82, 2.24) is 5.32 Å². The lowest BCUT2D eigenvalue weighted by Gasteiger charge is -2.11. The Morgan fingerprint density at radius 2 is 2.19 bits per heavy atom. The number of halogens is 2. The summed E-state index contributed by atoms with van der Waals surface area (Å²) in [5, 5.41) is 2.94. The molecule has 1 aromatic rings. The van der Waals surface area contributed by atoms with Crippen LogP contribution >= 0.6 is 22.3 Å². The predicted molar refractivity (Wildman–Crippen MR) is 80.5 cm³/mol. The van der Waals surface area contributed by atoms with Crippen LogP contribution < -0.4 is 5.32 Å². The summed E-state index contributed by atoms with van der Waals surface area (Å²) in [6, 6.07) is 2.67. The molecule has 1 aromatic carbocycles. The van der Waals surface area contributed by atoms with Crippen molar-refractivity contribution in [3.63, 3.8) is 0 Å². The fourth-order valence-electron chi connectivity index (χ4n) is 2.12. The van der Waals surface area contributed by atoms with Crippen LogP contribution in [-0.2, 0) is 13.8 Å². The van der Waals surface area contributed by atoms with Crippen molar-refractivity contribution < 1.29 is 17.9 Å². The van der Waals surface area contributed by atoms with E-state index in [0.717, 1.165) is 6.42 Å². The van der Waals surface area contributed by atoms with Crippen molar-refractivity contribution >= 4 is 37.2 Å². The number of amides is 1. The van der Waals surface area contributed by atoms with Crippen LogP contribution in [0.15, 0.2) is 17.0 Å². The molecule has 1 unspecified atom stereocenters. The molecule has 1 fully saturated rings. The Balaban J connectivity index is 2.19. The molecule has 5 nitrogen and oxygen atoms in total. The van der Waals surface area contributed by atoms with Gasteiger partial charge in [-0.2, -0.15) is 0 Å². The lowest BCUT2D eigenvalue weighted by atomic mass is 10.1. The first kappa shape index (κ1) is 16.5. The van der Waals surface area contributed by atoms with Crippen LogP contribution in [0.3, 0.4) is 0 Å². The lowest BCUT2D eigenvalue weighted by molar-refractivity contribution is 0.0945. The number of hydrogen-bond donors (Lipinski definition) is 1. The van der Waals surface area contributed by atoms with Gasteiger partial charge in [-0.05, 0) is 31.0 Å². The fourth-order valence-corrected chi connectivity index (χ4v) is 3.62. The van der Waals surface area contributed by atoms with Crippen LogP contribution in [-0.4, -0.2) is 34.1 Å². The molecule has 116 valence electrons. The maximum Gasteiger partial charge on any atom is 0.261 e. The van der Waals surface area contributed by atoms with E-state index in [1.54, 1.807) is 0 Å². The summed E-state index contributed by atoms with van der Waals surface area (Å²) in [7, 11) is 1.40. The van der Waals surface area contributed by atoms with Gasteiger partial charge in [0.1, 0.15) is 0 Å². The van der Waals surface area contributed by atoms with Gasteiger partial charge in [-0.25, -0.2) is 8.42 Å². The van der Waals surface area contributed by atoms with Crippen molar-refractivity contribution in [3.8, 4) is 0 Å². The number of hydrogen-bond acceptors (Lipinski definition) is 4. The standard InChI is InChI=1S/C13H15Cl2NO4S/c1-8-11(14)4-10(5-12(8)21(15,18)19)13(17)16-6-9-2-3-20-7-9/h4-5,9H,2-3,6-7H2,1H3,(H,16,17). The van der Waals surface area contributed by atoms with E-state index in [-0.39, 0.29) is 27.3 Å². The van der Waals surface area contributed by atoms with Crippen LogP contribution in [0.2, 0.25) is 5.02 Å². The molecular weight excluding hydrogens is 337 g/mol. The maximum atomic E-state index is 12.1. The highest BCUT2D eigenvalue weighted by Gasteiger charge is 2.21.